The van der Waals surface area contributed by atoms with Gasteiger partial charge in [0.1, 0.15) is 0 Å². The number of aromatic nitrogens is 2. The van der Waals surface area contributed by atoms with E-state index >= 15 is 0 Å². The molecule has 0 saturated carbocycles. The van der Waals surface area contributed by atoms with Gasteiger partial charge in [-0.3, -0.25) is 14.5 Å². The zero-order chi connectivity index (χ0) is 22.6. The van der Waals surface area contributed by atoms with Gasteiger partial charge < -0.3 is 14.8 Å². The number of amides is 1. The Labute approximate surface area is 192 Å². The maximum atomic E-state index is 13.4. The minimum absolute atomic E-state index is 0.173. The van der Waals surface area contributed by atoms with Crippen LogP contribution >= 0.6 is 0 Å². The van der Waals surface area contributed by atoms with Gasteiger partial charge in [-0.25, -0.2) is 0 Å². The smallest absolute Gasteiger partial charge is 0.279 e. The lowest BCUT2D eigenvalue weighted by molar-refractivity contribution is 0.00165. The van der Waals surface area contributed by atoms with Crippen LogP contribution in [0.2, 0.25) is 0 Å². The van der Waals surface area contributed by atoms with Crippen LogP contribution in [0.4, 0.5) is 0 Å². The third-order valence-electron chi connectivity index (χ3n) is 6.52. The largest absolute Gasteiger partial charge is 0.381 e. The van der Waals surface area contributed by atoms with E-state index in [9.17, 15) is 9.59 Å². The fraction of sp³-hybridized carbons (Fsp3) is 0.400. The fourth-order valence-electron chi connectivity index (χ4n) is 4.74. The van der Waals surface area contributed by atoms with Gasteiger partial charge in [-0.05, 0) is 24.6 Å². The topological polar surface area (TPSA) is 85.7 Å². The molecule has 2 aliphatic rings. The summed E-state index contributed by atoms with van der Waals surface area (Å²) in [5.74, 6) is 0.0828. The molecule has 8 heteroatoms. The summed E-state index contributed by atoms with van der Waals surface area (Å²) in [5, 5.41) is 8.62. The highest BCUT2D eigenvalue weighted by Gasteiger charge is 2.32. The van der Waals surface area contributed by atoms with E-state index in [1.165, 1.54) is 4.68 Å². The summed E-state index contributed by atoms with van der Waals surface area (Å²) in [7, 11) is 0. The molecule has 0 spiro atoms. The molecule has 2 fully saturated rings. The highest BCUT2D eigenvalue weighted by Crippen LogP contribution is 2.22. The second-order valence-electron chi connectivity index (χ2n) is 8.50. The predicted molar refractivity (Wildman–Crippen MR) is 125 cm³/mol. The van der Waals surface area contributed by atoms with Crippen molar-refractivity contribution in [2.45, 2.75) is 12.5 Å². The summed E-state index contributed by atoms with van der Waals surface area (Å²) >= 11 is 0. The Morgan fingerprint density at radius 3 is 2.45 bits per heavy atom. The second-order valence-corrected chi connectivity index (χ2v) is 8.50. The number of fused-ring (bicyclic) bond motifs is 1. The molecule has 2 aromatic carbocycles. The first kappa shape index (κ1) is 21.8. The van der Waals surface area contributed by atoms with Crippen LogP contribution in [0.25, 0.3) is 16.5 Å². The van der Waals surface area contributed by atoms with E-state index in [0.29, 0.717) is 48.7 Å². The van der Waals surface area contributed by atoms with Crippen LogP contribution in [0.5, 0.6) is 0 Å². The molecule has 33 heavy (non-hydrogen) atoms. The van der Waals surface area contributed by atoms with E-state index in [0.717, 1.165) is 26.1 Å². The molecule has 3 aromatic rings. The van der Waals surface area contributed by atoms with E-state index in [1.54, 1.807) is 30.3 Å². The zero-order valence-electron chi connectivity index (χ0n) is 18.5. The van der Waals surface area contributed by atoms with Gasteiger partial charge in [-0.15, -0.1) is 0 Å². The molecular weight excluding hydrogens is 420 g/mol. The molecule has 1 N–H and O–H groups in total. The van der Waals surface area contributed by atoms with Gasteiger partial charge in [-0.2, -0.15) is 9.78 Å². The number of hydrogen-bond donors (Lipinski definition) is 1. The van der Waals surface area contributed by atoms with Crippen molar-refractivity contribution in [2.75, 3.05) is 46.1 Å². The first-order valence-electron chi connectivity index (χ1n) is 11.5. The number of morpholine rings is 1. The van der Waals surface area contributed by atoms with Crippen LogP contribution in [-0.2, 0) is 9.47 Å². The van der Waals surface area contributed by atoms with Crippen molar-refractivity contribution in [3.63, 3.8) is 0 Å². The molecule has 2 saturated heterocycles. The Morgan fingerprint density at radius 1 is 1.00 bits per heavy atom. The first-order valence-corrected chi connectivity index (χ1v) is 11.5. The van der Waals surface area contributed by atoms with Crippen LogP contribution in [0, 0.1) is 5.92 Å². The highest BCUT2D eigenvalue weighted by molar-refractivity contribution is 6.04. The molecule has 172 valence electrons. The zero-order valence-corrected chi connectivity index (χ0v) is 18.5. The lowest BCUT2D eigenvalue weighted by Crippen LogP contribution is -2.52. The summed E-state index contributed by atoms with van der Waals surface area (Å²) in [5.41, 5.74) is 0.622. The van der Waals surface area contributed by atoms with E-state index in [4.69, 9.17) is 9.47 Å². The molecule has 8 nitrogen and oxygen atoms in total. The molecular formula is C25H28N4O4. The number of ether oxygens (including phenoxy) is 2. The van der Waals surface area contributed by atoms with Crippen LogP contribution in [0.3, 0.4) is 0 Å². The van der Waals surface area contributed by atoms with Crippen molar-refractivity contribution in [1.82, 2.24) is 20.0 Å². The molecule has 2 unspecified atom stereocenters. The number of benzene rings is 2. The Kier molecular flexibility index (Phi) is 6.48. The third-order valence-corrected chi connectivity index (χ3v) is 6.52. The molecule has 0 radical (unpaired) electrons. The Hall–Kier alpha value is -3.07. The maximum absolute atomic E-state index is 13.4. The quantitative estimate of drug-likeness (QED) is 0.620. The fourth-order valence-corrected chi connectivity index (χ4v) is 4.74. The predicted octanol–water partition coefficient (Wildman–Crippen LogP) is 1.85. The van der Waals surface area contributed by atoms with Crippen molar-refractivity contribution in [3.05, 3.63) is 70.6 Å². The maximum Gasteiger partial charge on any atom is 0.279 e. The summed E-state index contributed by atoms with van der Waals surface area (Å²) in [4.78, 5) is 28.9. The normalized spacial score (nSPS) is 20.1. The minimum Gasteiger partial charge on any atom is -0.381 e. The molecule has 5 rings (SSSR count). The van der Waals surface area contributed by atoms with Gasteiger partial charge in [0.15, 0.2) is 5.69 Å². The monoisotopic (exact) mass is 448 g/mol. The van der Waals surface area contributed by atoms with Gasteiger partial charge in [-0.1, -0.05) is 36.4 Å². The van der Waals surface area contributed by atoms with Crippen LogP contribution < -0.4 is 10.9 Å². The standard InChI is InChI=1S/C25H28N4O4/c30-24(26-16-22(18-10-13-33-17-18)28-11-14-32-15-12-28)23-20-8-4-5-9-21(20)25(31)29(27-23)19-6-2-1-3-7-19/h1-9,18,22H,10-17H2,(H,26,30). The van der Waals surface area contributed by atoms with E-state index in [1.807, 2.05) is 24.3 Å². The average molecular weight is 449 g/mol. The molecule has 2 aliphatic heterocycles. The summed E-state index contributed by atoms with van der Waals surface area (Å²) < 4.78 is 12.5. The number of carbonyl (C=O) groups excluding carboxylic acids is 1. The Morgan fingerprint density at radius 2 is 1.73 bits per heavy atom. The van der Waals surface area contributed by atoms with Gasteiger partial charge >= 0.3 is 0 Å². The van der Waals surface area contributed by atoms with Crippen LogP contribution in [-0.4, -0.2) is 72.7 Å². The molecule has 2 atom stereocenters. The molecule has 0 aliphatic carbocycles. The second kappa shape index (κ2) is 9.82. The Balaban J connectivity index is 1.45. The number of carbonyl (C=O) groups is 1. The number of nitrogens with one attached hydrogen (secondary N) is 1. The van der Waals surface area contributed by atoms with Crippen molar-refractivity contribution >= 4 is 16.7 Å². The van der Waals surface area contributed by atoms with E-state index in [2.05, 4.69) is 15.3 Å². The van der Waals surface area contributed by atoms with Crippen molar-refractivity contribution in [1.29, 1.82) is 0 Å². The average Bonchev–Trinajstić information content (AvgIpc) is 3.40. The number of rotatable bonds is 6. The van der Waals surface area contributed by atoms with Crippen LogP contribution in [0.1, 0.15) is 16.9 Å². The van der Waals surface area contributed by atoms with Gasteiger partial charge in [0, 0.05) is 43.6 Å². The third kappa shape index (κ3) is 4.55. The number of para-hydroxylation sites is 1. The minimum atomic E-state index is -0.284. The van der Waals surface area contributed by atoms with Gasteiger partial charge in [0.2, 0.25) is 0 Å². The summed E-state index contributed by atoms with van der Waals surface area (Å²) in [6, 6.07) is 16.5. The van der Waals surface area contributed by atoms with E-state index < -0.39 is 0 Å². The molecule has 1 aromatic heterocycles. The van der Waals surface area contributed by atoms with Gasteiger partial charge in [0.25, 0.3) is 11.5 Å². The number of hydrogen-bond acceptors (Lipinski definition) is 6. The lowest BCUT2D eigenvalue weighted by Gasteiger charge is -2.37. The summed E-state index contributed by atoms with van der Waals surface area (Å²) in [6.07, 6.45) is 0.984. The highest BCUT2D eigenvalue weighted by atomic mass is 16.5. The number of nitrogens with zero attached hydrogens (tertiary/aromatic N) is 3. The first-order chi connectivity index (χ1) is 16.2. The van der Waals surface area contributed by atoms with Gasteiger partial charge in [0.05, 0.1) is 30.9 Å². The molecule has 0 bridgehead atoms. The molecule has 3 heterocycles. The Bertz CT molecular complexity index is 1170. The van der Waals surface area contributed by atoms with Crippen molar-refractivity contribution < 1.29 is 14.3 Å². The summed E-state index contributed by atoms with van der Waals surface area (Å²) in [6.45, 7) is 5.05. The SMILES string of the molecule is O=C(NCC(C1CCOC1)N1CCOCC1)c1nn(-c2ccccc2)c(=O)c2ccccc12. The molecule has 1 amide bonds. The van der Waals surface area contributed by atoms with E-state index in [-0.39, 0.29) is 23.2 Å². The lowest BCUT2D eigenvalue weighted by atomic mass is 9.96. The van der Waals surface area contributed by atoms with Crippen LogP contribution in [0.15, 0.2) is 59.4 Å². The van der Waals surface area contributed by atoms with Crippen molar-refractivity contribution in [3.8, 4) is 5.69 Å². The van der Waals surface area contributed by atoms with Crippen molar-refractivity contribution in [2.24, 2.45) is 5.92 Å².